The number of carbonyl (C=O) groups is 2. The van der Waals surface area contributed by atoms with Gasteiger partial charge in [-0.25, -0.2) is 0 Å². The molecule has 1 fully saturated rings. The van der Waals surface area contributed by atoms with Crippen LogP contribution in [0.5, 0.6) is 5.75 Å². The Morgan fingerprint density at radius 1 is 1.36 bits per heavy atom. The van der Waals surface area contributed by atoms with Crippen molar-refractivity contribution in [1.82, 2.24) is 4.90 Å². The third-order valence-corrected chi connectivity index (χ3v) is 4.23. The molecule has 1 heterocycles. The molecule has 0 aliphatic carbocycles. The molecule has 0 saturated carbocycles. The van der Waals surface area contributed by atoms with Crippen LogP contribution in [-0.2, 0) is 9.59 Å². The quantitative estimate of drug-likeness (QED) is 0.877. The van der Waals surface area contributed by atoms with Gasteiger partial charge in [-0.15, -0.1) is 0 Å². The Balaban J connectivity index is 2.34. The standard InChI is InChI=1S/C17H23NO4/c1-3-4-11-18-15(19)10-9-14(17(20)21)16(18)12-5-7-13(22-2)8-6-12/h5-8,14,16H,3-4,9-11H2,1-2H3,(H,20,21)/t14-,16+/m0/s1. The van der Waals surface area contributed by atoms with Crippen LogP contribution in [0.3, 0.4) is 0 Å². The molecular formula is C17H23NO4. The number of nitrogens with zero attached hydrogens (tertiary/aromatic N) is 1. The van der Waals surface area contributed by atoms with E-state index < -0.39 is 17.9 Å². The molecular weight excluding hydrogens is 282 g/mol. The predicted molar refractivity (Wildman–Crippen MR) is 82.7 cm³/mol. The third-order valence-electron chi connectivity index (χ3n) is 4.23. The second-order valence-corrected chi connectivity index (χ2v) is 5.64. The zero-order valence-corrected chi connectivity index (χ0v) is 13.1. The summed E-state index contributed by atoms with van der Waals surface area (Å²) < 4.78 is 5.15. The number of piperidine rings is 1. The zero-order valence-electron chi connectivity index (χ0n) is 13.1. The van der Waals surface area contributed by atoms with E-state index in [2.05, 4.69) is 6.92 Å². The Morgan fingerprint density at radius 2 is 2.05 bits per heavy atom. The Hall–Kier alpha value is -2.04. The lowest BCUT2D eigenvalue weighted by atomic mass is 9.84. The van der Waals surface area contributed by atoms with Crippen LogP contribution >= 0.6 is 0 Å². The first-order valence-corrected chi connectivity index (χ1v) is 7.74. The molecule has 0 radical (unpaired) electrons. The van der Waals surface area contributed by atoms with Crippen molar-refractivity contribution in [1.29, 1.82) is 0 Å². The highest BCUT2D eigenvalue weighted by molar-refractivity contribution is 5.81. The number of likely N-dealkylation sites (tertiary alicyclic amines) is 1. The van der Waals surface area contributed by atoms with Gasteiger partial charge in [0.1, 0.15) is 5.75 Å². The van der Waals surface area contributed by atoms with Gasteiger partial charge in [0.05, 0.1) is 19.1 Å². The van der Waals surface area contributed by atoms with Gasteiger partial charge in [-0.2, -0.15) is 0 Å². The number of benzene rings is 1. The highest BCUT2D eigenvalue weighted by atomic mass is 16.5. The summed E-state index contributed by atoms with van der Waals surface area (Å²) >= 11 is 0. The highest BCUT2D eigenvalue weighted by Gasteiger charge is 2.40. The van der Waals surface area contributed by atoms with Gasteiger partial charge in [-0.05, 0) is 30.5 Å². The van der Waals surface area contributed by atoms with E-state index in [1.165, 1.54) is 0 Å². The number of hydrogen-bond acceptors (Lipinski definition) is 3. The van der Waals surface area contributed by atoms with Crippen molar-refractivity contribution in [2.45, 2.75) is 38.6 Å². The number of amides is 1. The molecule has 5 nitrogen and oxygen atoms in total. The van der Waals surface area contributed by atoms with Crippen LogP contribution < -0.4 is 4.74 Å². The van der Waals surface area contributed by atoms with Crippen molar-refractivity contribution in [3.05, 3.63) is 29.8 Å². The van der Waals surface area contributed by atoms with Gasteiger partial charge in [-0.1, -0.05) is 25.5 Å². The number of carboxylic acid groups (broad SMARTS) is 1. The largest absolute Gasteiger partial charge is 0.497 e. The van der Waals surface area contributed by atoms with E-state index in [9.17, 15) is 14.7 Å². The Bertz CT molecular complexity index is 526. The molecule has 1 aliphatic rings. The van der Waals surface area contributed by atoms with E-state index in [4.69, 9.17) is 4.74 Å². The van der Waals surface area contributed by atoms with Gasteiger partial charge >= 0.3 is 5.97 Å². The van der Waals surface area contributed by atoms with Crippen molar-refractivity contribution in [2.24, 2.45) is 5.92 Å². The summed E-state index contributed by atoms with van der Waals surface area (Å²) in [7, 11) is 1.59. The number of ether oxygens (including phenoxy) is 1. The molecule has 0 spiro atoms. The fraction of sp³-hybridized carbons (Fsp3) is 0.529. The molecule has 1 N–H and O–H groups in total. The second-order valence-electron chi connectivity index (χ2n) is 5.64. The van der Waals surface area contributed by atoms with E-state index >= 15 is 0 Å². The monoisotopic (exact) mass is 305 g/mol. The average molecular weight is 305 g/mol. The van der Waals surface area contributed by atoms with Crippen molar-refractivity contribution in [2.75, 3.05) is 13.7 Å². The Kier molecular flexibility index (Phi) is 5.41. The lowest BCUT2D eigenvalue weighted by molar-refractivity contribution is -0.152. The Labute approximate surface area is 130 Å². The lowest BCUT2D eigenvalue weighted by Crippen LogP contribution is -2.45. The molecule has 2 rings (SSSR count). The number of methoxy groups -OCH3 is 1. The molecule has 1 saturated heterocycles. The first-order valence-electron chi connectivity index (χ1n) is 7.74. The van der Waals surface area contributed by atoms with E-state index in [1.807, 2.05) is 24.3 Å². The van der Waals surface area contributed by atoms with Crippen molar-refractivity contribution >= 4 is 11.9 Å². The fourth-order valence-corrected chi connectivity index (χ4v) is 3.02. The molecule has 120 valence electrons. The number of rotatable bonds is 6. The maximum atomic E-state index is 12.3. The van der Waals surface area contributed by atoms with Gasteiger partial charge in [-0.3, -0.25) is 9.59 Å². The molecule has 2 atom stereocenters. The molecule has 1 aliphatic heterocycles. The summed E-state index contributed by atoms with van der Waals surface area (Å²) in [6.07, 6.45) is 2.56. The molecule has 0 aromatic heterocycles. The summed E-state index contributed by atoms with van der Waals surface area (Å²) in [6, 6.07) is 6.95. The van der Waals surface area contributed by atoms with Crippen LogP contribution in [0.25, 0.3) is 0 Å². The maximum Gasteiger partial charge on any atom is 0.308 e. The third kappa shape index (κ3) is 3.40. The van der Waals surface area contributed by atoms with Crippen molar-refractivity contribution < 1.29 is 19.4 Å². The number of carbonyl (C=O) groups excluding carboxylic acids is 1. The van der Waals surface area contributed by atoms with Gasteiger partial charge < -0.3 is 14.7 Å². The van der Waals surface area contributed by atoms with Gasteiger partial charge in [0.25, 0.3) is 0 Å². The first kappa shape index (κ1) is 16.3. The normalized spacial score (nSPS) is 21.7. The maximum absolute atomic E-state index is 12.3. The summed E-state index contributed by atoms with van der Waals surface area (Å²) in [6.45, 7) is 2.67. The molecule has 22 heavy (non-hydrogen) atoms. The van der Waals surface area contributed by atoms with E-state index in [0.717, 1.165) is 24.2 Å². The van der Waals surface area contributed by atoms with E-state index in [1.54, 1.807) is 12.0 Å². The average Bonchev–Trinajstić information content (AvgIpc) is 2.53. The SMILES string of the molecule is CCCCN1C(=O)CC[C@H](C(=O)O)[C@H]1c1ccc(OC)cc1. The number of hydrogen-bond donors (Lipinski definition) is 1. The smallest absolute Gasteiger partial charge is 0.308 e. The van der Waals surface area contributed by atoms with Gasteiger partial charge in [0.15, 0.2) is 0 Å². The number of carboxylic acids is 1. The van der Waals surface area contributed by atoms with Crippen LogP contribution in [0, 0.1) is 5.92 Å². The Morgan fingerprint density at radius 3 is 2.59 bits per heavy atom. The van der Waals surface area contributed by atoms with Crippen LogP contribution in [0.2, 0.25) is 0 Å². The van der Waals surface area contributed by atoms with Crippen LogP contribution in [0.4, 0.5) is 0 Å². The number of aliphatic carboxylic acids is 1. The van der Waals surface area contributed by atoms with E-state index in [-0.39, 0.29) is 5.91 Å². The summed E-state index contributed by atoms with van der Waals surface area (Å²) in [5.74, 6) is -0.623. The van der Waals surface area contributed by atoms with Gasteiger partial charge in [0, 0.05) is 13.0 Å². The van der Waals surface area contributed by atoms with E-state index in [0.29, 0.717) is 19.4 Å². The van der Waals surface area contributed by atoms with Crippen molar-refractivity contribution in [3.63, 3.8) is 0 Å². The summed E-state index contributed by atoms with van der Waals surface area (Å²) in [5.41, 5.74) is 0.859. The molecule has 0 bridgehead atoms. The van der Waals surface area contributed by atoms with Crippen molar-refractivity contribution in [3.8, 4) is 5.75 Å². The van der Waals surface area contributed by atoms with Gasteiger partial charge in [0.2, 0.25) is 5.91 Å². The van der Waals surface area contributed by atoms with Crippen LogP contribution in [-0.4, -0.2) is 35.5 Å². The van der Waals surface area contributed by atoms with Crippen LogP contribution in [0.15, 0.2) is 24.3 Å². The minimum Gasteiger partial charge on any atom is -0.497 e. The molecule has 1 amide bonds. The molecule has 1 aromatic rings. The number of unbranched alkanes of at least 4 members (excludes halogenated alkanes) is 1. The first-order chi connectivity index (χ1) is 10.6. The minimum absolute atomic E-state index is 0.0479. The molecule has 5 heteroatoms. The molecule has 0 unspecified atom stereocenters. The fourth-order valence-electron chi connectivity index (χ4n) is 3.02. The topological polar surface area (TPSA) is 66.8 Å². The minimum atomic E-state index is -0.838. The summed E-state index contributed by atoms with van der Waals surface area (Å²) in [4.78, 5) is 25.7. The second kappa shape index (κ2) is 7.29. The highest BCUT2D eigenvalue weighted by Crippen LogP contribution is 2.37. The molecule has 1 aromatic carbocycles. The summed E-state index contributed by atoms with van der Waals surface area (Å²) in [5, 5.41) is 9.54. The predicted octanol–water partition coefficient (Wildman–Crippen LogP) is 2.86. The zero-order chi connectivity index (χ0) is 16.1. The van der Waals surface area contributed by atoms with Crippen LogP contribution in [0.1, 0.15) is 44.2 Å². The lowest BCUT2D eigenvalue weighted by Gasteiger charge is -2.40.